The number of aromatic nitrogens is 3. The Morgan fingerprint density at radius 1 is 1.12 bits per heavy atom. The van der Waals surface area contributed by atoms with E-state index in [9.17, 15) is 4.79 Å². The lowest BCUT2D eigenvalue weighted by molar-refractivity contribution is 0.427. The van der Waals surface area contributed by atoms with Gasteiger partial charge in [0.2, 0.25) is 0 Å². The van der Waals surface area contributed by atoms with E-state index in [4.69, 9.17) is 4.52 Å². The fourth-order valence-electron chi connectivity index (χ4n) is 2.77. The molecule has 0 radical (unpaired) electrons. The third-order valence-corrected chi connectivity index (χ3v) is 4.20. The summed E-state index contributed by atoms with van der Waals surface area (Å²) in [6.45, 7) is 1.82. The minimum Gasteiger partial charge on any atom is -0.356 e. The van der Waals surface area contributed by atoms with Gasteiger partial charge in [0.05, 0.1) is 11.3 Å². The van der Waals surface area contributed by atoms with Crippen molar-refractivity contribution in [3.63, 3.8) is 0 Å². The van der Waals surface area contributed by atoms with Crippen molar-refractivity contribution >= 4 is 27.0 Å². The van der Waals surface area contributed by atoms with Crippen molar-refractivity contribution < 1.29 is 4.52 Å². The van der Waals surface area contributed by atoms with Crippen LogP contribution in [0.15, 0.2) is 62.5 Å². The van der Waals surface area contributed by atoms with Crippen molar-refractivity contribution in [2.75, 3.05) is 0 Å². The highest BCUT2D eigenvalue weighted by atomic mass is 79.9. The number of hydrogen-bond acceptors (Lipinski definition) is 4. The molecule has 0 aliphatic carbocycles. The van der Waals surface area contributed by atoms with Gasteiger partial charge >= 0.3 is 0 Å². The van der Waals surface area contributed by atoms with E-state index in [0.717, 1.165) is 26.7 Å². The molecule has 3 heterocycles. The van der Waals surface area contributed by atoms with E-state index in [2.05, 4.69) is 31.1 Å². The standard InChI is InChI=1S/C18H12BrN3O2/c1-10-7-14(24-22-10)16-15(11-5-3-2-4-6-11)13-8-12(19)9-20-17(13)21-18(16)23/h2-9H,1H3,(H,20,21,23). The first-order valence-electron chi connectivity index (χ1n) is 7.34. The van der Waals surface area contributed by atoms with Gasteiger partial charge in [-0.2, -0.15) is 0 Å². The number of hydrogen-bond donors (Lipinski definition) is 1. The van der Waals surface area contributed by atoms with Crippen LogP contribution in [0.3, 0.4) is 0 Å². The molecule has 118 valence electrons. The SMILES string of the molecule is Cc1cc(-c2c(-c3ccccc3)c3cc(Br)cnc3[nH]c2=O)on1. The maximum absolute atomic E-state index is 12.7. The zero-order valence-electron chi connectivity index (χ0n) is 12.7. The Morgan fingerprint density at radius 2 is 1.92 bits per heavy atom. The molecule has 0 unspecified atom stereocenters. The molecule has 0 bridgehead atoms. The van der Waals surface area contributed by atoms with Crippen LogP contribution in [-0.4, -0.2) is 15.1 Å². The van der Waals surface area contributed by atoms with Crippen LogP contribution in [0.25, 0.3) is 33.5 Å². The topological polar surface area (TPSA) is 71.8 Å². The highest BCUT2D eigenvalue weighted by Crippen LogP contribution is 2.35. The zero-order chi connectivity index (χ0) is 16.7. The number of nitrogens with one attached hydrogen (secondary N) is 1. The fourth-order valence-corrected chi connectivity index (χ4v) is 3.10. The average molecular weight is 382 g/mol. The van der Waals surface area contributed by atoms with Gasteiger partial charge in [-0.15, -0.1) is 0 Å². The van der Waals surface area contributed by atoms with Crippen LogP contribution in [0.1, 0.15) is 5.69 Å². The lowest BCUT2D eigenvalue weighted by Gasteiger charge is -2.11. The molecule has 0 aliphatic heterocycles. The van der Waals surface area contributed by atoms with Crippen molar-refractivity contribution in [2.45, 2.75) is 6.92 Å². The van der Waals surface area contributed by atoms with Crippen molar-refractivity contribution in [3.05, 3.63) is 69.2 Å². The lowest BCUT2D eigenvalue weighted by atomic mass is 9.96. The largest absolute Gasteiger partial charge is 0.356 e. The Hall–Kier alpha value is -2.73. The van der Waals surface area contributed by atoms with E-state index in [1.165, 1.54) is 0 Å². The zero-order valence-corrected chi connectivity index (χ0v) is 14.3. The predicted molar refractivity (Wildman–Crippen MR) is 95.7 cm³/mol. The van der Waals surface area contributed by atoms with Gasteiger partial charge in [0, 0.05) is 27.7 Å². The van der Waals surface area contributed by atoms with E-state index in [1.54, 1.807) is 12.3 Å². The Morgan fingerprint density at radius 3 is 2.62 bits per heavy atom. The number of fused-ring (bicyclic) bond motifs is 1. The first-order valence-corrected chi connectivity index (χ1v) is 8.13. The van der Waals surface area contributed by atoms with Crippen molar-refractivity contribution in [1.82, 2.24) is 15.1 Å². The van der Waals surface area contributed by atoms with Gasteiger partial charge in [-0.05, 0) is 34.5 Å². The second kappa shape index (κ2) is 5.72. The number of benzene rings is 1. The highest BCUT2D eigenvalue weighted by Gasteiger charge is 2.20. The Bertz CT molecular complexity index is 1100. The van der Waals surface area contributed by atoms with Gasteiger partial charge in [-0.3, -0.25) is 4.79 Å². The first-order chi connectivity index (χ1) is 11.6. The fraction of sp³-hybridized carbons (Fsp3) is 0.0556. The molecule has 24 heavy (non-hydrogen) atoms. The number of aromatic amines is 1. The summed E-state index contributed by atoms with van der Waals surface area (Å²) >= 11 is 3.45. The summed E-state index contributed by atoms with van der Waals surface area (Å²) in [5.74, 6) is 0.439. The number of rotatable bonds is 2. The molecule has 3 aromatic heterocycles. The first kappa shape index (κ1) is 14.8. The maximum atomic E-state index is 12.7. The molecule has 0 atom stereocenters. The molecule has 4 rings (SSSR count). The van der Waals surface area contributed by atoms with E-state index in [-0.39, 0.29) is 5.56 Å². The van der Waals surface area contributed by atoms with Gasteiger partial charge in [-0.1, -0.05) is 35.5 Å². The van der Waals surface area contributed by atoms with Crippen LogP contribution in [-0.2, 0) is 0 Å². The molecule has 0 spiro atoms. The summed E-state index contributed by atoms with van der Waals surface area (Å²) in [6, 6.07) is 13.4. The number of aryl methyl sites for hydroxylation is 1. The number of nitrogens with zero attached hydrogens (tertiary/aromatic N) is 2. The van der Waals surface area contributed by atoms with Crippen LogP contribution in [0.4, 0.5) is 0 Å². The van der Waals surface area contributed by atoms with Crippen molar-refractivity contribution in [3.8, 4) is 22.5 Å². The normalized spacial score (nSPS) is 11.1. The molecule has 0 amide bonds. The summed E-state index contributed by atoms with van der Waals surface area (Å²) in [5, 5.41) is 4.75. The Labute approximate surface area is 145 Å². The summed E-state index contributed by atoms with van der Waals surface area (Å²) in [5.41, 5.74) is 3.14. The number of H-pyrrole nitrogens is 1. The molecule has 0 fully saturated rings. The van der Waals surface area contributed by atoms with Crippen molar-refractivity contribution in [1.29, 1.82) is 0 Å². The van der Waals surface area contributed by atoms with Gasteiger partial charge < -0.3 is 9.51 Å². The van der Waals surface area contributed by atoms with Crippen molar-refractivity contribution in [2.24, 2.45) is 0 Å². The van der Waals surface area contributed by atoms with Crippen LogP contribution >= 0.6 is 15.9 Å². The maximum Gasteiger partial charge on any atom is 0.261 e. The second-order valence-corrected chi connectivity index (χ2v) is 6.37. The summed E-state index contributed by atoms with van der Waals surface area (Å²) in [4.78, 5) is 19.9. The molecule has 0 saturated heterocycles. The molecule has 0 aliphatic rings. The third kappa shape index (κ3) is 2.45. The summed E-state index contributed by atoms with van der Waals surface area (Å²) in [6.07, 6.45) is 1.66. The van der Waals surface area contributed by atoms with E-state index in [1.807, 2.05) is 43.3 Å². The second-order valence-electron chi connectivity index (χ2n) is 5.45. The molecular weight excluding hydrogens is 370 g/mol. The summed E-state index contributed by atoms with van der Waals surface area (Å²) in [7, 11) is 0. The van der Waals surface area contributed by atoms with Gasteiger partial charge in [-0.25, -0.2) is 4.98 Å². The summed E-state index contributed by atoms with van der Waals surface area (Å²) < 4.78 is 6.20. The molecule has 0 saturated carbocycles. The van der Waals surface area contributed by atoms with Gasteiger partial charge in [0.25, 0.3) is 5.56 Å². The van der Waals surface area contributed by atoms with Gasteiger partial charge in [0.1, 0.15) is 5.65 Å². The molecule has 1 N–H and O–H groups in total. The van der Waals surface area contributed by atoms with Crippen LogP contribution < -0.4 is 5.56 Å². The number of pyridine rings is 2. The minimum atomic E-state index is -0.257. The Kier molecular flexibility index (Phi) is 3.54. The Balaban J connectivity index is 2.18. The molecule has 1 aromatic carbocycles. The van der Waals surface area contributed by atoms with Gasteiger partial charge in [0.15, 0.2) is 5.76 Å². The quantitative estimate of drug-likeness (QED) is 0.561. The number of halogens is 1. The smallest absolute Gasteiger partial charge is 0.261 e. The molecule has 5 nitrogen and oxygen atoms in total. The van der Waals surface area contributed by atoms with E-state index < -0.39 is 0 Å². The monoisotopic (exact) mass is 381 g/mol. The van der Waals surface area contributed by atoms with Crippen LogP contribution in [0, 0.1) is 6.92 Å². The minimum absolute atomic E-state index is 0.257. The highest BCUT2D eigenvalue weighted by molar-refractivity contribution is 9.10. The average Bonchev–Trinajstić information content (AvgIpc) is 3.01. The van der Waals surface area contributed by atoms with Crippen LogP contribution in [0.2, 0.25) is 0 Å². The molecular formula is C18H12BrN3O2. The third-order valence-electron chi connectivity index (χ3n) is 3.77. The van der Waals surface area contributed by atoms with Crippen LogP contribution in [0.5, 0.6) is 0 Å². The van der Waals surface area contributed by atoms with E-state index >= 15 is 0 Å². The lowest BCUT2D eigenvalue weighted by Crippen LogP contribution is -2.11. The molecule has 4 aromatic rings. The van der Waals surface area contributed by atoms with E-state index in [0.29, 0.717) is 17.0 Å². The predicted octanol–water partition coefficient (Wildman–Crippen LogP) is 4.32. The molecule has 6 heteroatoms.